The van der Waals surface area contributed by atoms with E-state index in [-0.39, 0.29) is 12.4 Å². The van der Waals surface area contributed by atoms with Crippen molar-refractivity contribution in [2.24, 2.45) is 0 Å². The SMILES string of the molecule is c1ccc(N2CCNCC2)c(OCC2COC(Cn3ccnc3)O2)c1. The molecule has 0 radical (unpaired) electrons. The standard InChI is InChI=1S/C18H24N4O3/c1-2-4-17(16(3-1)22-9-6-19-7-10-22)23-12-15-13-24-18(25-15)11-21-8-5-20-14-21/h1-5,8,14-15,18-19H,6-7,9-13H2. The van der Waals surface area contributed by atoms with E-state index in [2.05, 4.69) is 27.3 Å². The van der Waals surface area contributed by atoms with Crippen molar-refractivity contribution in [2.45, 2.75) is 18.9 Å². The van der Waals surface area contributed by atoms with Crippen LogP contribution in [0.2, 0.25) is 0 Å². The van der Waals surface area contributed by atoms with Gasteiger partial charge in [-0.25, -0.2) is 4.98 Å². The van der Waals surface area contributed by atoms with Crippen LogP contribution in [0.4, 0.5) is 5.69 Å². The molecule has 1 aromatic heterocycles. The highest BCUT2D eigenvalue weighted by Gasteiger charge is 2.27. The highest BCUT2D eigenvalue weighted by molar-refractivity contribution is 5.58. The van der Waals surface area contributed by atoms with E-state index in [0.717, 1.165) is 37.6 Å². The quantitative estimate of drug-likeness (QED) is 0.847. The first-order valence-electron chi connectivity index (χ1n) is 8.79. The van der Waals surface area contributed by atoms with Crippen LogP contribution in [0.3, 0.4) is 0 Å². The lowest BCUT2D eigenvalue weighted by molar-refractivity contribution is -0.0725. The smallest absolute Gasteiger partial charge is 0.176 e. The second-order valence-electron chi connectivity index (χ2n) is 6.30. The van der Waals surface area contributed by atoms with Gasteiger partial charge >= 0.3 is 0 Å². The van der Waals surface area contributed by atoms with E-state index in [4.69, 9.17) is 14.2 Å². The van der Waals surface area contributed by atoms with Gasteiger partial charge in [0, 0.05) is 38.6 Å². The van der Waals surface area contributed by atoms with Crippen molar-refractivity contribution in [3.05, 3.63) is 43.0 Å². The van der Waals surface area contributed by atoms with Crippen LogP contribution in [0.25, 0.3) is 0 Å². The first kappa shape index (κ1) is 16.4. The number of hydrogen-bond acceptors (Lipinski definition) is 6. The number of rotatable bonds is 6. The number of piperazine rings is 1. The van der Waals surface area contributed by atoms with E-state index in [1.165, 1.54) is 0 Å². The molecule has 2 unspecified atom stereocenters. The molecule has 0 amide bonds. The van der Waals surface area contributed by atoms with E-state index >= 15 is 0 Å². The molecule has 1 N–H and O–H groups in total. The zero-order valence-corrected chi connectivity index (χ0v) is 14.2. The van der Waals surface area contributed by atoms with Gasteiger partial charge in [-0.1, -0.05) is 12.1 Å². The monoisotopic (exact) mass is 344 g/mol. The maximum Gasteiger partial charge on any atom is 0.176 e. The molecule has 3 heterocycles. The van der Waals surface area contributed by atoms with Gasteiger partial charge < -0.3 is 29.0 Å². The van der Waals surface area contributed by atoms with Crippen LogP contribution in [0.5, 0.6) is 5.75 Å². The molecule has 25 heavy (non-hydrogen) atoms. The molecule has 2 aromatic rings. The Bertz CT molecular complexity index is 658. The molecule has 7 heteroatoms. The van der Waals surface area contributed by atoms with Crippen molar-refractivity contribution in [2.75, 3.05) is 44.3 Å². The number of benzene rings is 1. The molecule has 4 rings (SSSR count). The molecule has 0 bridgehead atoms. The summed E-state index contributed by atoms with van der Waals surface area (Å²) in [6.07, 6.45) is 5.12. The van der Waals surface area contributed by atoms with Gasteiger partial charge in [0.25, 0.3) is 0 Å². The third-order valence-corrected chi connectivity index (χ3v) is 4.48. The van der Waals surface area contributed by atoms with Crippen molar-refractivity contribution < 1.29 is 14.2 Å². The Hall–Kier alpha value is -2.09. The molecular weight excluding hydrogens is 320 g/mol. The van der Waals surface area contributed by atoms with E-state index in [1.54, 1.807) is 12.5 Å². The van der Waals surface area contributed by atoms with Crippen molar-refractivity contribution in [3.63, 3.8) is 0 Å². The Kier molecular flexibility index (Phi) is 5.15. The fourth-order valence-electron chi connectivity index (χ4n) is 3.19. The summed E-state index contributed by atoms with van der Waals surface area (Å²) >= 11 is 0. The number of aromatic nitrogens is 2. The molecule has 2 atom stereocenters. The predicted molar refractivity (Wildman–Crippen MR) is 93.9 cm³/mol. The van der Waals surface area contributed by atoms with Gasteiger partial charge in [0.1, 0.15) is 18.5 Å². The number of imidazole rings is 1. The summed E-state index contributed by atoms with van der Waals surface area (Å²) in [7, 11) is 0. The largest absolute Gasteiger partial charge is 0.489 e. The molecular formula is C18H24N4O3. The Labute approximate surface area is 147 Å². The Morgan fingerprint density at radius 3 is 2.96 bits per heavy atom. The predicted octanol–water partition coefficient (Wildman–Crippen LogP) is 1.11. The van der Waals surface area contributed by atoms with Gasteiger partial charge in [-0.15, -0.1) is 0 Å². The molecule has 0 aliphatic carbocycles. The zero-order chi connectivity index (χ0) is 16.9. The van der Waals surface area contributed by atoms with E-state index < -0.39 is 0 Å². The second-order valence-corrected chi connectivity index (χ2v) is 6.30. The van der Waals surface area contributed by atoms with Gasteiger partial charge in [0.15, 0.2) is 6.29 Å². The lowest BCUT2D eigenvalue weighted by atomic mass is 10.2. The first-order valence-corrected chi connectivity index (χ1v) is 8.79. The molecule has 2 fully saturated rings. The fraction of sp³-hybridized carbons (Fsp3) is 0.500. The van der Waals surface area contributed by atoms with Crippen LogP contribution in [0, 0.1) is 0 Å². The summed E-state index contributed by atoms with van der Waals surface area (Å²) in [5.74, 6) is 0.908. The summed E-state index contributed by atoms with van der Waals surface area (Å²) in [5, 5.41) is 3.38. The van der Waals surface area contributed by atoms with Gasteiger partial charge in [0.05, 0.1) is 25.2 Å². The lowest BCUT2D eigenvalue weighted by Crippen LogP contribution is -2.43. The summed E-state index contributed by atoms with van der Waals surface area (Å²) < 4.78 is 19.7. The molecule has 2 saturated heterocycles. The van der Waals surface area contributed by atoms with Crippen molar-refractivity contribution >= 4 is 5.69 Å². The fourth-order valence-corrected chi connectivity index (χ4v) is 3.19. The van der Waals surface area contributed by atoms with Crippen molar-refractivity contribution in [1.29, 1.82) is 0 Å². The minimum Gasteiger partial charge on any atom is -0.489 e. The number of nitrogens with zero attached hydrogens (tertiary/aromatic N) is 3. The van der Waals surface area contributed by atoms with E-state index in [1.807, 2.05) is 22.9 Å². The summed E-state index contributed by atoms with van der Waals surface area (Å²) in [6.45, 7) is 5.69. The maximum atomic E-state index is 6.07. The third kappa shape index (κ3) is 4.12. The van der Waals surface area contributed by atoms with Crippen molar-refractivity contribution in [1.82, 2.24) is 14.9 Å². The van der Waals surface area contributed by atoms with Gasteiger partial charge in [-0.3, -0.25) is 0 Å². The number of hydrogen-bond donors (Lipinski definition) is 1. The molecule has 7 nitrogen and oxygen atoms in total. The van der Waals surface area contributed by atoms with Crippen molar-refractivity contribution in [3.8, 4) is 5.75 Å². The average Bonchev–Trinajstić information content (AvgIpc) is 3.33. The van der Waals surface area contributed by atoms with Crippen LogP contribution in [-0.2, 0) is 16.0 Å². The van der Waals surface area contributed by atoms with Gasteiger partial charge in [-0.05, 0) is 12.1 Å². The van der Waals surface area contributed by atoms with Crippen LogP contribution >= 0.6 is 0 Å². The third-order valence-electron chi connectivity index (χ3n) is 4.48. The molecule has 2 aliphatic heterocycles. The first-order chi connectivity index (χ1) is 12.4. The Morgan fingerprint density at radius 1 is 1.24 bits per heavy atom. The minimum atomic E-state index is -0.244. The number of nitrogens with one attached hydrogen (secondary N) is 1. The molecule has 0 saturated carbocycles. The van der Waals surface area contributed by atoms with E-state index in [9.17, 15) is 0 Å². The maximum absolute atomic E-state index is 6.07. The van der Waals surface area contributed by atoms with Crippen LogP contribution in [0.1, 0.15) is 0 Å². The molecule has 0 spiro atoms. The van der Waals surface area contributed by atoms with E-state index in [0.29, 0.717) is 19.8 Å². The number of ether oxygens (including phenoxy) is 3. The topological polar surface area (TPSA) is 60.8 Å². The normalized spacial score (nSPS) is 23.8. The summed E-state index contributed by atoms with van der Waals surface area (Å²) in [4.78, 5) is 6.39. The van der Waals surface area contributed by atoms with Crippen LogP contribution in [0.15, 0.2) is 43.0 Å². The zero-order valence-electron chi connectivity index (χ0n) is 14.2. The van der Waals surface area contributed by atoms with Gasteiger partial charge in [0.2, 0.25) is 0 Å². The lowest BCUT2D eigenvalue weighted by Gasteiger charge is -2.30. The van der Waals surface area contributed by atoms with Crippen LogP contribution < -0.4 is 15.0 Å². The highest BCUT2D eigenvalue weighted by atomic mass is 16.7. The molecule has 2 aliphatic rings. The summed E-state index contributed by atoms with van der Waals surface area (Å²) in [6, 6.07) is 8.21. The number of anilines is 1. The minimum absolute atomic E-state index is 0.0513. The molecule has 134 valence electrons. The van der Waals surface area contributed by atoms with Gasteiger partial charge in [-0.2, -0.15) is 0 Å². The number of para-hydroxylation sites is 2. The highest BCUT2D eigenvalue weighted by Crippen LogP contribution is 2.28. The van der Waals surface area contributed by atoms with Crippen LogP contribution in [-0.4, -0.2) is 61.3 Å². The Balaban J connectivity index is 1.31. The summed E-state index contributed by atoms with van der Waals surface area (Å²) in [5.41, 5.74) is 1.15. The Morgan fingerprint density at radius 2 is 2.12 bits per heavy atom. The molecule has 1 aromatic carbocycles. The average molecular weight is 344 g/mol. The second kappa shape index (κ2) is 7.86.